The molecule has 4 aromatic rings. The highest BCUT2D eigenvalue weighted by molar-refractivity contribution is 6.12. The number of rotatable bonds is 1. The summed E-state index contributed by atoms with van der Waals surface area (Å²) in [5, 5.41) is 11.2. The lowest BCUT2D eigenvalue weighted by atomic mass is 9.97. The number of furan rings is 1. The van der Waals surface area contributed by atoms with Crippen molar-refractivity contribution >= 4 is 21.9 Å². The lowest BCUT2D eigenvalue weighted by Crippen LogP contribution is -2.36. The molecular formula is C24H23N2O+. The molecule has 0 aliphatic carbocycles. The number of benzene rings is 2. The number of hydrogen-bond acceptors (Lipinski definition) is 2. The fourth-order valence-corrected chi connectivity index (χ4v) is 3.72. The van der Waals surface area contributed by atoms with E-state index in [2.05, 4.69) is 6.07 Å². The van der Waals surface area contributed by atoms with Gasteiger partial charge in [-0.1, -0.05) is 18.2 Å². The number of hydrogen-bond donors (Lipinski definition) is 0. The maximum atomic E-state index is 9.63. The van der Waals surface area contributed by atoms with Gasteiger partial charge in [0.05, 0.1) is 18.6 Å². The van der Waals surface area contributed by atoms with Crippen LogP contribution < -0.4 is 4.57 Å². The highest BCUT2D eigenvalue weighted by Crippen LogP contribution is 2.39. The van der Waals surface area contributed by atoms with Crippen molar-refractivity contribution in [3.63, 3.8) is 0 Å². The minimum Gasteiger partial charge on any atom is -0.455 e. The summed E-state index contributed by atoms with van der Waals surface area (Å²) in [7, 11) is 1.78. The Balaban J connectivity index is 2.21. The van der Waals surface area contributed by atoms with Crippen molar-refractivity contribution in [1.82, 2.24) is 0 Å². The highest BCUT2D eigenvalue weighted by atomic mass is 16.3. The zero-order valence-corrected chi connectivity index (χ0v) is 16.1. The average molecular weight is 359 g/mol. The fraction of sp³-hybridized carbons (Fsp3) is 0.250. The second-order valence-corrected chi connectivity index (χ2v) is 7.10. The number of fused-ring (bicyclic) bond motifs is 3. The maximum absolute atomic E-state index is 9.63. The smallest absolute Gasteiger partial charge is 0.216 e. The van der Waals surface area contributed by atoms with Crippen LogP contribution in [0.2, 0.25) is 0 Å². The normalized spacial score (nSPS) is 13.9. The van der Waals surface area contributed by atoms with Gasteiger partial charge in [0, 0.05) is 33.4 Å². The van der Waals surface area contributed by atoms with Crippen LogP contribution in [0.1, 0.15) is 39.0 Å². The molecule has 0 atom stereocenters. The second kappa shape index (κ2) is 5.96. The Morgan fingerprint density at radius 1 is 1.04 bits per heavy atom. The van der Waals surface area contributed by atoms with E-state index in [0.717, 1.165) is 27.5 Å². The summed E-state index contributed by atoms with van der Waals surface area (Å²) in [6.07, 6.45) is 0. The molecule has 0 spiro atoms. The van der Waals surface area contributed by atoms with Crippen LogP contribution in [0.5, 0.6) is 0 Å². The quantitative estimate of drug-likeness (QED) is 0.422. The first-order chi connectivity index (χ1) is 14.5. The molecule has 0 unspecified atom stereocenters. The average Bonchev–Trinajstić information content (AvgIpc) is 3.08. The van der Waals surface area contributed by atoms with Crippen LogP contribution in [0.25, 0.3) is 33.2 Å². The second-order valence-electron chi connectivity index (χ2n) is 7.10. The first-order valence-corrected chi connectivity index (χ1v) is 8.85. The summed E-state index contributed by atoms with van der Waals surface area (Å²) < 4.78 is 40.7. The topological polar surface area (TPSA) is 40.8 Å². The van der Waals surface area contributed by atoms with Crippen molar-refractivity contribution in [3.8, 4) is 17.3 Å². The van der Waals surface area contributed by atoms with Gasteiger partial charge in [0.25, 0.3) is 0 Å². The number of aromatic nitrogens is 1. The van der Waals surface area contributed by atoms with Gasteiger partial charge in [0.2, 0.25) is 5.69 Å². The van der Waals surface area contributed by atoms with Gasteiger partial charge in [-0.05, 0) is 50.4 Å². The molecular weight excluding hydrogens is 332 g/mol. The Bertz CT molecular complexity index is 1410. The van der Waals surface area contributed by atoms with Crippen LogP contribution in [0.4, 0.5) is 0 Å². The van der Waals surface area contributed by atoms with Crippen LogP contribution in [-0.4, -0.2) is 0 Å². The van der Waals surface area contributed by atoms with Gasteiger partial charge < -0.3 is 4.42 Å². The molecule has 0 amide bonds. The van der Waals surface area contributed by atoms with Crippen molar-refractivity contribution < 1.29 is 14.5 Å². The Kier molecular flexibility index (Phi) is 2.89. The van der Waals surface area contributed by atoms with Crippen molar-refractivity contribution in [2.45, 2.75) is 34.5 Å². The summed E-state index contributed by atoms with van der Waals surface area (Å²) >= 11 is 0. The number of pyridine rings is 1. The molecule has 0 aliphatic rings. The van der Waals surface area contributed by atoms with Crippen LogP contribution in [-0.2, 0) is 7.05 Å². The van der Waals surface area contributed by atoms with Crippen molar-refractivity contribution in [3.05, 3.63) is 63.8 Å². The molecule has 4 rings (SSSR count). The summed E-state index contributed by atoms with van der Waals surface area (Å²) in [5.41, 5.74) is 6.20. The van der Waals surface area contributed by atoms with E-state index in [-0.39, 0.29) is 11.6 Å². The monoisotopic (exact) mass is 359 g/mol. The molecule has 2 aromatic carbocycles. The molecule has 0 radical (unpaired) electrons. The molecule has 134 valence electrons. The first kappa shape index (κ1) is 13.1. The molecule has 0 bridgehead atoms. The predicted molar refractivity (Wildman–Crippen MR) is 109 cm³/mol. The molecule has 2 aromatic heterocycles. The van der Waals surface area contributed by atoms with Gasteiger partial charge in [-0.15, -0.1) is 0 Å². The van der Waals surface area contributed by atoms with E-state index in [1.807, 2.05) is 32.0 Å². The van der Waals surface area contributed by atoms with Gasteiger partial charge in [0.15, 0.2) is 5.69 Å². The fourth-order valence-electron chi connectivity index (χ4n) is 3.72. The van der Waals surface area contributed by atoms with Gasteiger partial charge in [-0.25, -0.2) is 0 Å². The lowest BCUT2D eigenvalue weighted by molar-refractivity contribution is -0.667. The van der Waals surface area contributed by atoms with Crippen LogP contribution in [0.15, 0.2) is 34.7 Å². The van der Waals surface area contributed by atoms with E-state index >= 15 is 0 Å². The minimum absolute atomic E-state index is 0.160. The summed E-state index contributed by atoms with van der Waals surface area (Å²) in [4.78, 5) is 0. The Hall–Kier alpha value is -3.12. The van der Waals surface area contributed by atoms with E-state index in [9.17, 15) is 5.26 Å². The highest BCUT2D eigenvalue weighted by Gasteiger charge is 2.24. The minimum atomic E-state index is -2.31. The lowest BCUT2D eigenvalue weighted by Gasteiger charge is -2.10. The summed E-state index contributed by atoms with van der Waals surface area (Å²) in [6, 6.07) is 9.97. The van der Waals surface area contributed by atoms with E-state index in [0.29, 0.717) is 33.7 Å². The van der Waals surface area contributed by atoms with Crippen LogP contribution >= 0.6 is 0 Å². The summed E-state index contributed by atoms with van der Waals surface area (Å²) in [6.45, 7) is 5.03. The molecule has 0 aliphatic heterocycles. The van der Waals surface area contributed by atoms with E-state index < -0.39 is 6.85 Å². The SMILES string of the molecule is [2H]c1c(C)c(C([2H])([2H])[2H])c(C)[n+](C)c1-c1c(C)ccc2c1oc1c(C)ccc(C#N)c12. The molecule has 2 heterocycles. The molecule has 0 saturated carbocycles. The number of nitrogens with zero attached hydrogens (tertiary/aromatic N) is 2. The van der Waals surface area contributed by atoms with E-state index in [1.54, 1.807) is 31.5 Å². The van der Waals surface area contributed by atoms with Crippen LogP contribution in [0.3, 0.4) is 0 Å². The molecule has 0 fully saturated rings. The third kappa shape index (κ3) is 2.37. The maximum Gasteiger partial charge on any atom is 0.216 e. The van der Waals surface area contributed by atoms with Gasteiger partial charge in [0.1, 0.15) is 18.2 Å². The zero-order valence-electron chi connectivity index (χ0n) is 20.1. The molecule has 27 heavy (non-hydrogen) atoms. The Labute approximate surface area is 165 Å². The predicted octanol–water partition coefficient (Wildman–Crippen LogP) is 5.49. The third-order valence-electron chi connectivity index (χ3n) is 5.43. The molecule has 0 N–H and O–H groups in total. The van der Waals surface area contributed by atoms with Gasteiger partial charge >= 0.3 is 0 Å². The van der Waals surface area contributed by atoms with Crippen LogP contribution in [0, 0.1) is 45.9 Å². The number of nitriles is 1. The Morgan fingerprint density at radius 2 is 1.78 bits per heavy atom. The van der Waals surface area contributed by atoms with Gasteiger partial charge in [-0.2, -0.15) is 9.83 Å². The number of aryl methyl sites for hydroxylation is 2. The van der Waals surface area contributed by atoms with E-state index in [4.69, 9.17) is 9.90 Å². The van der Waals surface area contributed by atoms with E-state index in [1.165, 1.54) is 0 Å². The molecule has 3 nitrogen and oxygen atoms in total. The van der Waals surface area contributed by atoms with Crippen molar-refractivity contribution in [1.29, 1.82) is 5.26 Å². The first-order valence-electron chi connectivity index (χ1n) is 10.8. The van der Waals surface area contributed by atoms with Crippen molar-refractivity contribution in [2.24, 2.45) is 7.05 Å². The summed E-state index contributed by atoms with van der Waals surface area (Å²) in [5.74, 6) is 0. The molecule has 0 saturated heterocycles. The zero-order chi connectivity index (χ0) is 22.8. The van der Waals surface area contributed by atoms with Crippen molar-refractivity contribution in [2.75, 3.05) is 0 Å². The molecule has 3 heteroatoms. The standard InChI is InChI=1S/C24H23N2O/c1-13-8-10-19-22-18(12-25)9-7-14(2)23(22)27-24(19)21(13)20-11-15(3)16(4)17(5)26(20)6/h7-11H,1-6H3/q+1/i4D3,11D. The van der Waals surface area contributed by atoms with Gasteiger partial charge in [-0.3, -0.25) is 0 Å². The Morgan fingerprint density at radius 3 is 2.48 bits per heavy atom. The third-order valence-corrected chi connectivity index (χ3v) is 5.43. The largest absolute Gasteiger partial charge is 0.455 e.